The van der Waals surface area contributed by atoms with Gasteiger partial charge in [-0.15, -0.1) is 11.3 Å². The van der Waals surface area contributed by atoms with E-state index in [4.69, 9.17) is 0 Å². The van der Waals surface area contributed by atoms with Gasteiger partial charge in [0.15, 0.2) is 0 Å². The Hall–Kier alpha value is -4.66. The first kappa shape index (κ1) is 28.4. The van der Waals surface area contributed by atoms with E-state index in [0.29, 0.717) is 0 Å². The molecule has 0 N–H and O–H groups in total. The summed E-state index contributed by atoms with van der Waals surface area (Å²) in [7, 11) is 0. The molecular formula is C46H39NS. The monoisotopic (exact) mass is 637 g/mol. The van der Waals surface area contributed by atoms with Gasteiger partial charge < -0.3 is 4.90 Å². The van der Waals surface area contributed by atoms with Gasteiger partial charge in [-0.2, -0.15) is 0 Å². The molecule has 2 bridgehead atoms. The van der Waals surface area contributed by atoms with Gasteiger partial charge in [0.1, 0.15) is 0 Å². The van der Waals surface area contributed by atoms with E-state index in [-0.39, 0.29) is 5.41 Å². The predicted octanol–water partition coefficient (Wildman–Crippen LogP) is 13.4. The molecule has 0 saturated heterocycles. The van der Waals surface area contributed by atoms with Gasteiger partial charge in [-0.3, -0.25) is 0 Å². The van der Waals surface area contributed by atoms with Gasteiger partial charge in [0.05, 0.1) is 0 Å². The molecule has 3 aliphatic carbocycles. The molecule has 1 aromatic heterocycles. The fourth-order valence-electron chi connectivity index (χ4n) is 9.53. The molecule has 2 fully saturated rings. The number of hydrogen-bond donors (Lipinski definition) is 0. The van der Waals surface area contributed by atoms with E-state index in [2.05, 4.69) is 152 Å². The first-order valence-electron chi connectivity index (χ1n) is 17.7. The number of anilines is 3. The highest BCUT2D eigenvalue weighted by atomic mass is 32.1. The maximum Gasteiger partial charge on any atom is 0.0468 e. The van der Waals surface area contributed by atoms with E-state index < -0.39 is 0 Å². The topological polar surface area (TPSA) is 3.24 Å². The standard InChI is InChI=1S/C46H39NS/c1-46(2)42-9-5-3-7-37(42)40-27-35(21-23-43(40)46)47(36-22-24-45-41(28-36)38-8-4-6-10-44(38)48-45)34-19-17-31(18-20-34)30-13-15-32(16-14-30)39-26-29-11-12-33(39)25-29/h3-10,13-24,27-29,33,39H,11-12,25-26H2,1-2H3. The Labute approximate surface area is 287 Å². The van der Waals surface area contributed by atoms with Gasteiger partial charge in [-0.05, 0) is 124 Å². The first-order valence-corrected chi connectivity index (χ1v) is 18.5. The van der Waals surface area contributed by atoms with E-state index in [1.54, 1.807) is 5.56 Å². The third kappa shape index (κ3) is 4.35. The molecule has 3 unspecified atom stereocenters. The van der Waals surface area contributed by atoms with Gasteiger partial charge in [-0.25, -0.2) is 0 Å². The summed E-state index contributed by atoms with van der Waals surface area (Å²) in [6, 6.07) is 50.6. The maximum absolute atomic E-state index is 2.45. The molecule has 0 radical (unpaired) electrons. The summed E-state index contributed by atoms with van der Waals surface area (Å²) in [4.78, 5) is 2.45. The summed E-state index contributed by atoms with van der Waals surface area (Å²) in [6.45, 7) is 4.71. The molecule has 0 spiro atoms. The molecule has 2 saturated carbocycles. The summed E-state index contributed by atoms with van der Waals surface area (Å²) >= 11 is 1.88. The van der Waals surface area contributed by atoms with Crippen molar-refractivity contribution in [2.24, 2.45) is 11.8 Å². The average molecular weight is 638 g/mol. The third-order valence-electron chi connectivity index (χ3n) is 12.0. The summed E-state index contributed by atoms with van der Waals surface area (Å²) in [6.07, 6.45) is 5.73. The Morgan fingerprint density at radius 2 is 1.23 bits per heavy atom. The van der Waals surface area contributed by atoms with Crippen LogP contribution >= 0.6 is 11.3 Å². The summed E-state index contributed by atoms with van der Waals surface area (Å²) in [5, 5.41) is 2.64. The lowest BCUT2D eigenvalue weighted by Crippen LogP contribution is -2.15. The second-order valence-electron chi connectivity index (χ2n) is 15.0. The molecule has 234 valence electrons. The van der Waals surface area contributed by atoms with Crippen LogP contribution < -0.4 is 4.90 Å². The Morgan fingerprint density at radius 3 is 2.02 bits per heavy atom. The van der Waals surface area contributed by atoms with Crippen molar-refractivity contribution >= 4 is 48.6 Å². The SMILES string of the molecule is CC1(C)c2ccccc2-c2cc(N(c3ccc(-c4ccc(C5CC6CCC5C6)cc4)cc3)c3ccc4sc5ccccc5c4c3)ccc21. The van der Waals surface area contributed by atoms with Gasteiger partial charge in [0, 0.05) is 42.6 Å². The van der Waals surface area contributed by atoms with Crippen molar-refractivity contribution < 1.29 is 0 Å². The van der Waals surface area contributed by atoms with Crippen LogP contribution in [0.15, 0.2) is 133 Å². The normalized spacial score (nSPS) is 20.3. The number of nitrogens with zero attached hydrogens (tertiary/aromatic N) is 1. The lowest BCUT2D eigenvalue weighted by atomic mass is 9.82. The van der Waals surface area contributed by atoms with Crippen LogP contribution in [0.5, 0.6) is 0 Å². The molecule has 2 heteroatoms. The van der Waals surface area contributed by atoms with Crippen molar-refractivity contribution in [3.8, 4) is 22.3 Å². The van der Waals surface area contributed by atoms with Crippen molar-refractivity contribution in [2.45, 2.75) is 50.9 Å². The number of benzene rings is 6. The number of thiophene rings is 1. The number of hydrogen-bond acceptors (Lipinski definition) is 2. The molecule has 6 aromatic carbocycles. The van der Waals surface area contributed by atoms with Crippen LogP contribution in [-0.2, 0) is 5.41 Å². The zero-order chi connectivity index (χ0) is 32.0. The van der Waals surface area contributed by atoms with Crippen LogP contribution in [-0.4, -0.2) is 0 Å². The van der Waals surface area contributed by atoms with Gasteiger partial charge in [0.25, 0.3) is 0 Å². The van der Waals surface area contributed by atoms with Crippen molar-refractivity contribution in [1.82, 2.24) is 0 Å². The number of fused-ring (bicyclic) bond motifs is 8. The zero-order valence-electron chi connectivity index (χ0n) is 27.6. The molecule has 1 heterocycles. The van der Waals surface area contributed by atoms with Crippen LogP contribution in [0.1, 0.15) is 62.1 Å². The maximum atomic E-state index is 2.45. The Kier molecular flexibility index (Phi) is 6.31. The van der Waals surface area contributed by atoms with Gasteiger partial charge in [0.2, 0.25) is 0 Å². The van der Waals surface area contributed by atoms with Crippen LogP contribution in [0.25, 0.3) is 42.4 Å². The highest BCUT2D eigenvalue weighted by Crippen LogP contribution is 2.53. The van der Waals surface area contributed by atoms with E-state index in [0.717, 1.165) is 17.8 Å². The van der Waals surface area contributed by atoms with Crippen LogP contribution in [0, 0.1) is 11.8 Å². The van der Waals surface area contributed by atoms with Crippen LogP contribution in [0.3, 0.4) is 0 Å². The van der Waals surface area contributed by atoms with E-state index in [1.807, 2.05) is 11.3 Å². The second-order valence-corrected chi connectivity index (χ2v) is 16.0. The summed E-state index contributed by atoms with van der Waals surface area (Å²) < 4.78 is 2.66. The van der Waals surface area contributed by atoms with E-state index in [1.165, 1.54) is 96.3 Å². The lowest BCUT2D eigenvalue weighted by Gasteiger charge is -2.27. The minimum Gasteiger partial charge on any atom is -0.310 e. The highest BCUT2D eigenvalue weighted by molar-refractivity contribution is 7.25. The van der Waals surface area contributed by atoms with Crippen molar-refractivity contribution in [3.05, 3.63) is 150 Å². The number of rotatable bonds is 5. The smallest absolute Gasteiger partial charge is 0.0468 e. The molecular weight excluding hydrogens is 599 g/mol. The molecule has 48 heavy (non-hydrogen) atoms. The van der Waals surface area contributed by atoms with Crippen LogP contribution in [0.2, 0.25) is 0 Å². The molecule has 10 rings (SSSR count). The van der Waals surface area contributed by atoms with Crippen molar-refractivity contribution in [1.29, 1.82) is 0 Å². The average Bonchev–Trinajstić information content (AvgIpc) is 3.91. The molecule has 3 atom stereocenters. The van der Waals surface area contributed by atoms with Gasteiger partial charge >= 0.3 is 0 Å². The van der Waals surface area contributed by atoms with Crippen molar-refractivity contribution in [2.75, 3.05) is 4.90 Å². The molecule has 7 aromatic rings. The highest BCUT2D eigenvalue weighted by Gasteiger charge is 2.40. The predicted molar refractivity (Wildman–Crippen MR) is 205 cm³/mol. The van der Waals surface area contributed by atoms with Crippen LogP contribution in [0.4, 0.5) is 17.1 Å². The largest absolute Gasteiger partial charge is 0.310 e. The Bertz CT molecular complexity index is 2340. The molecule has 3 aliphatic rings. The molecule has 0 aliphatic heterocycles. The van der Waals surface area contributed by atoms with Gasteiger partial charge in [-0.1, -0.05) is 105 Å². The lowest BCUT2D eigenvalue weighted by molar-refractivity contribution is 0.420. The third-order valence-corrected chi connectivity index (χ3v) is 13.1. The van der Waals surface area contributed by atoms with E-state index in [9.17, 15) is 0 Å². The van der Waals surface area contributed by atoms with Crippen molar-refractivity contribution in [3.63, 3.8) is 0 Å². The Balaban J connectivity index is 1.06. The zero-order valence-corrected chi connectivity index (χ0v) is 28.4. The second kappa shape index (κ2) is 10.7. The fraction of sp³-hybridized carbons (Fsp3) is 0.217. The minimum absolute atomic E-state index is 0.0155. The quantitative estimate of drug-likeness (QED) is 0.181. The van der Waals surface area contributed by atoms with E-state index >= 15 is 0 Å². The fourth-order valence-corrected chi connectivity index (χ4v) is 10.6. The minimum atomic E-state index is -0.0155. The molecule has 1 nitrogen and oxygen atoms in total. The summed E-state index contributed by atoms with van der Waals surface area (Å²) in [5.41, 5.74) is 13.1. The Morgan fingerprint density at radius 1 is 0.562 bits per heavy atom. The summed E-state index contributed by atoms with van der Waals surface area (Å²) in [5.74, 6) is 2.66. The molecule has 0 amide bonds. The first-order chi connectivity index (χ1) is 23.5.